The Balaban J connectivity index is 2.09. The van der Waals surface area contributed by atoms with Crippen molar-refractivity contribution in [3.05, 3.63) is 23.0 Å². The van der Waals surface area contributed by atoms with E-state index in [0.29, 0.717) is 0 Å². The van der Waals surface area contributed by atoms with Crippen LogP contribution in [0.4, 0.5) is 0 Å². The minimum atomic E-state index is -0.522. The molecule has 1 aliphatic heterocycles. The largest absolute Gasteiger partial charge is 0.509 e. The Morgan fingerprint density at radius 2 is 1.96 bits per heavy atom. The van der Waals surface area contributed by atoms with Gasteiger partial charge in [0.05, 0.1) is 12.1 Å². The van der Waals surface area contributed by atoms with E-state index in [1.807, 2.05) is 0 Å². The maximum absolute atomic E-state index is 13.7. The van der Waals surface area contributed by atoms with Gasteiger partial charge in [-0.25, -0.2) is 0 Å². The molecule has 3 N–H and O–H groups in total. The Morgan fingerprint density at radius 3 is 2.50 bits per heavy atom. The smallest absolute Gasteiger partial charge is 0.259 e. The summed E-state index contributed by atoms with van der Waals surface area (Å²) in [6, 6.07) is -0.522. The molecule has 0 aromatic rings. The van der Waals surface area contributed by atoms with Crippen molar-refractivity contribution in [1.29, 1.82) is 0 Å². The molecule has 0 saturated heterocycles. The first-order valence-corrected chi connectivity index (χ1v) is 10.9. The minimum absolute atomic E-state index is 0.00737. The van der Waals surface area contributed by atoms with Gasteiger partial charge in [0.2, 0.25) is 0 Å². The Bertz CT molecular complexity index is 709. The van der Waals surface area contributed by atoms with Gasteiger partial charge in [-0.05, 0) is 56.3 Å². The summed E-state index contributed by atoms with van der Waals surface area (Å²) >= 11 is 0. The number of Topliss-reactive ketones (excluding diaryl/α,β-unsaturated/α-hetero) is 1. The van der Waals surface area contributed by atoms with Crippen LogP contribution in [0.3, 0.4) is 0 Å². The lowest BCUT2D eigenvalue weighted by molar-refractivity contribution is -0.132. The van der Waals surface area contributed by atoms with Crippen LogP contribution in [-0.4, -0.2) is 34.0 Å². The van der Waals surface area contributed by atoms with E-state index >= 15 is 0 Å². The van der Waals surface area contributed by atoms with Crippen molar-refractivity contribution in [3.8, 4) is 0 Å². The Hall–Kier alpha value is -1.62. The standard InChI is InChI=1S/C23H35NO4/c1-6-8-16-11(3)9-14-10-12(4)20(25)15(7-2)17(14)18(16)22(27)19-21(26)13(5)24-23(19)28/h9,12-18,20,25-26H,6-8,10H2,1-5H3,(H,24,28). The molecule has 0 spiro atoms. The molecule has 2 aliphatic carbocycles. The lowest BCUT2D eigenvalue weighted by Gasteiger charge is -2.51. The highest BCUT2D eigenvalue weighted by Gasteiger charge is 2.52. The van der Waals surface area contributed by atoms with Crippen LogP contribution in [-0.2, 0) is 9.59 Å². The van der Waals surface area contributed by atoms with Crippen molar-refractivity contribution < 1.29 is 19.8 Å². The third kappa shape index (κ3) is 3.32. The predicted octanol–water partition coefficient (Wildman–Crippen LogP) is 3.54. The molecule has 1 heterocycles. The predicted molar refractivity (Wildman–Crippen MR) is 108 cm³/mol. The first-order chi connectivity index (χ1) is 13.2. The molecule has 8 unspecified atom stereocenters. The number of carbonyl (C=O) groups excluding carboxylic acids is 2. The van der Waals surface area contributed by atoms with Crippen molar-refractivity contribution in [2.24, 2.45) is 35.5 Å². The van der Waals surface area contributed by atoms with Crippen LogP contribution in [0.1, 0.15) is 60.3 Å². The summed E-state index contributed by atoms with van der Waals surface area (Å²) in [4.78, 5) is 26.2. The van der Waals surface area contributed by atoms with E-state index in [0.717, 1.165) is 25.7 Å². The summed E-state index contributed by atoms with van der Waals surface area (Å²) < 4.78 is 0. The molecule has 3 rings (SSSR count). The number of ketones is 1. The van der Waals surface area contributed by atoms with Crippen LogP contribution in [0.5, 0.6) is 0 Å². The summed E-state index contributed by atoms with van der Waals surface area (Å²) in [5.74, 6) is -0.693. The van der Waals surface area contributed by atoms with E-state index in [9.17, 15) is 19.8 Å². The van der Waals surface area contributed by atoms with Crippen LogP contribution in [0.2, 0.25) is 0 Å². The molecule has 3 aliphatic rings. The van der Waals surface area contributed by atoms with Gasteiger partial charge in [0, 0.05) is 5.92 Å². The zero-order chi connectivity index (χ0) is 20.7. The number of hydrogen-bond donors (Lipinski definition) is 3. The van der Waals surface area contributed by atoms with Crippen molar-refractivity contribution in [2.45, 2.75) is 72.4 Å². The number of rotatable bonds is 5. The molecule has 1 amide bonds. The fourth-order valence-corrected chi connectivity index (χ4v) is 6.08. The molecule has 1 saturated carbocycles. The SMILES string of the molecule is CCCC1C(C)=CC2CC(C)C(O)C(CC)C2C1C(=O)C1=C(O)C(C)NC1=O. The summed E-state index contributed by atoms with van der Waals surface area (Å²) in [7, 11) is 0. The number of aliphatic hydroxyl groups excluding tert-OH is 2. The summed E-state index contributed by atoms with van der Waals surface area (Å²) in [5, 5.41) is 24.0. The van der Waals surface area contributed by atoms with Gasteiger partial charge in [-0.3, -0.25) is 9.59 Å². The zero-order valence-electron chi connectivity index (χ0n) is 17.7. The van der Waals surface area contributed by atoms with Gasteiger partial charge >= 0.3 is 0 Å². The molecule has 5 nitrogen and oxygen atoms in total. The Morgan fingerprint density at radius 1 is 1.29 bits per heavy atom. The number of amides is 1. The second kappa shape index (κ2) is 8.02. The molecule has 28 heavy (non-hydrogen) atoms. The van der Waals surface area contributed by atoms with Gasteiger partial charge < -0.3 is 15.5 Å². The second-order valence-electron chi connectivity index (χ2n) is 9.17. The average molecular weight is 390 g/mol. The summed E-state index contributed by atoms with van der Waals surface area (Å²) in [5.41, 5.74) is 1.15. The lowest BCUT2D eigenvalue weighted by atomic mass is 9.54. The van der Waals surface area contributed by atoms with Crippen molar-refractivity contribution in [2.75, 3.05) is 0 Å². The third-order valence-electron chi connectivity index (χ3n) is 7.43. The van der Waals surface area contributed by atoms with E-state index in [4.69, 9.17) is 0 Å². The van der Waals surface area contributed by atoms with Crippen LogP contribution >= 0.6 is 0 Å². The Kier molecular flexibility index (Phi) is 6.04. The van der Waals surface area contributed by atoms with E-state index < -0.39 is 18.1 Å². The number of hydrogen-bond acceptors (Lipinski definition) is 4. The molecule has 1 fully saturated rings. The van der Waals surface area contributed by atoms with Gasteiger partial charge in [0.15, 0.2) is 5.78 Å². The number of nitrogens with one attached hydrogen (secondary N) is 1. The van der Waals surface area contributed by atoms with Crippen molar-refractivity contribution in [1.82, 2.24) is 5.32 Å². The molecule has 5 heteroatoms. The van der Waals surface area contributed by atoms with Crippen molar-refractivity contribution >= 4 is 11.7 Å². The maximum atomic E-state index is 13.7. The molecular weight excluding hydrogens is 354 g/mol. The molecule has 0 aromatic heterocycles. The molecule has 0 radical (unpaired) electrons. The lowest BCUT2D eigenvalue weighted by Crippen LogP contribution is -2.51. The monoisotopic (exact) mass is 389 g/mol. The molecule has 156 valence electrons. The van der Waals surface area contributed by atoms with Gasteiger partial charge in [-0.15, -0.1) is 0 Å². The van der Waals surface area contributed by atoms with Gasteiger partial charge in [0.1, 0.15) is 11.3 Å². The normalized spacial score (nSPS) is 40.8. The van der Waals surface area contributed by atoms with E-state index in [2.05, 4.69) is 39.1 Å². The van der Waals surface area contributed by atoms with Gasteiger partial charge in [-0.2, -0.15) is 0 Å². The van der Waals surface area contributed by atoms with Crippen LogP contribution in [0.25, 0.3) is 0 Å². The fraction of sp³-hybridized carbons (Fsp3) is 0.739. The summed E-state index contributed by atoms with van der Waals surface area (Å²) in [6.07, 6.45) is 5.36. The first-order valence-electron chi connectivity index (χ1n) is 10.9. The molecule has 8 atom stereocenters. The van der Waals surface area contributed by atoms with Gasteiger partial charge in [0.25, 0.3) is 5.91 Å². The topological polar surface area (TPSA) is 86.6 Å². The van der Waals surface area contributed by atoms with Crippen LogP contribution in [0.15, 0.2) is 23.0 Å². The Labute approximate surface area is 168 Å². The second-order valence-corrected chi connectivity index (χ2v) is 9.17. The average Bonchev–Trinajstić information content (AvgIpc) is 2.89. The molecule has 0 aromatic carbocycles. The number of fused-ring (bicyclic) bond motifs is 1. The minimum Gasteiger partial charge on any atom is -0.509 e. The number of allylic oxidation sites excluding steroid dienone is 2. The third-order valence-corrected chi connectivity index (χ3v) is 7.43. The fourth-order valence-electron chi connectivity index (χ4n) is 6.08. The van der Waals surface area contributed by atoms with Gasteiger partial charge in [-0.1, -0.05) is 45.3 Å². The van der Waals surface area contributed by atoms with E-state index in [1.54, 1.807) is 6.92 Å². The van der Waals surface area contributed by atoms with Crippen LogP contribution in [0, 0.1) is 35.5 Å². The highest BCUT2D eigenvalue weighted by molar-refractivity contribution is 6.22. The van der Waals surface area contributed by atoms with Crippen LogP contribution < -0.4 is 5.32 Å². The highest BCUT2D eigenvalue weighted by Crippen LogP contribution is 2.52. The number of aliphatic hydroxyl groups is 2. The molecule has 0 bridgehead atoms. The van der Waals surface area contributed by atoms with Crippen molar-refractivity contribution in [3.63, 3.8) is 0 Å². The number of carbonyl (C=O) groups is 2. The first kappa shape index (κ1) is 21.1. The quantitative estimate of drug-likeness (QED) is 0.496. The molecular formula is C23H35NO4. The van der Waals surface area contributed by atoms with E-state index in [-0.39, 0.29) is 52.6 Å². The zero-order valence-corrected chi connectivity index (χ0v) is 17.7. The summed E-state index contributed by atoms with van der Waals surface area (Å²) in [6.45, 7) is 10.1. The maximum Gasteiger partial charge on any atom is 0.259 e. The van der Waals surface area contributed by atoms with E-state index in [1.165, 1.54) is 5.57 Å². The highest BCUT2D eigenvalue weighted by atomic mass is 16.3.